The quantitative estimate of drug-likeness (QED) is 0.753. The van der Waals surface area contributed by atoms with Crippen LogP contribution in [-0.4, -0.2) is 58.3 Å². The lowest BCUT2D eigenvalue weighted by Crippen LogP contribution is -2.52. The van der Waals surface area contributed by atoms with Crippen molar-refractivity contribution in [3.63, 3.8) is 0 Å². The van der Waals surface area contributed by atoms with E-state index in [4.69, 9.17) is 0 Å². The number of nitrogens with zero attached hydrogens (tertiary/aromatic N) is 2. The zero-order valence-corrected chi connectivity index (χ0v) is 19.2. The minimum atomic E-state index is -0.291. The van der Waals surface area contributed by atoms with Crippen LogP contribution in [0.5, 0.6) is 0 Å². The largest absolute Gasteiger partial charge is 0.354 e. The van der Waals surface area contributed by atoms with Crippen molar-refractivity contribution in [2.24, 2.45) is 0 Å². The van der Waals surface area contributed by atoms with Crippen LogP contribution in [0.3, 0.4) is 0 Å². The molecule has 33 heavy (non-hydrogen) atoms. The van der Waals surface area contributed by atoms with Crippen LogP contribution in [0, 0.1) is 0 Å². The number of nitrogens with one attached hydrogen (secondary N) is 2. The molecule has 2 aliphatic rings. The van der Waals surface area contributed by atoms with Crippen LogP contribution < -0.4 is 10.9 Å². The van der Waals surface area contributed by atoms with Gasteiger partial charge in [0.15, 0.2) is 0 Å². The summed E-state index contributed by atoms with van der Waals surface area (Å²) in [5.74, 6) is -0.114. The van der Waals surface area contributed by atoms with Gasteiger partial charge in [-0.2, -0.15) is 0 Å². The van der Waals surface area contributed by atoms with Gasteiger partial charge in [0.25, 0.3) is 5.91 Å². The van der Waals surface area contributed by atoms with Crippen molar-refractivity contribution in [1.29, 1.82) is 0 Å². The van der Waals surface area contributed by atoms with E-state index in [9.17, 15) is 14.4 Å². The number of amides is 2. The second kappa shape index (κ2) is 10.8. The van der Waals surface area contributed by atoms with Crippen LogP contribution in [0.4, 0.5) is 0 Å². The van der Waals surface area contributed by atoms with E-state index in [1.165, 1.54) is 24.2 Å². The van der Waals surface area contributed by atoms with E-state index >= 15 is 0 Å². The van der Waals surface area contributed by atoms with Gasteiger partial charge in [-0.15, -0.1) is 0 Å². The molecule has 2 amide bonds. The van der Waals surface area contributed by atoms with Crippen molar-refractivity contribution in [2.75, 3.05) is 26.2 Å². The monoisotopic (exact) mass is 450 g/mol. The van der Waals surface area contributed by atoms with Gasteiger partial charge < -0.3 is 15.2 Å². The van der Waals surface area contributed by atoms with Gasteiger partial charge >= 0.3 is 0 Å². The summed E-state index contributed by atoms with van der Waals surface area (Å²) in [4.78, 5) is 44.6. The summed E-state index contributed by atoms with van der Waals surface area (Å²) < 4.78 is 0. The summed E-state index contributed by atoms with van der Waals surface area (Å²) in [5.41, 5.74) is 1.20. The molecule has 1 aliphatic carbocycles. The number of H-pyrrole nitrogens is 1. The number of aromatic nitrogens is 1. The topological polar surface area (TPSA) is 85.5 Å². The zero-order valence-electron chi connectivity index (χ0n) is 19.2. The Hall–Kier alpha value is -2.93. The zero-order chi connectivity index (χ0) is 23.1. The molecule has 7 heteroatoms. The Labute approximate surface area is 195 Å². The fraction of sp³-hybridized carbons (Fsp3) is 0.500. The Balaban J connectivity index is 1.56. The molecule has 2 aromatic rings. The molecule has 0 atom stereocenters. The van der Waals surface area contributed by atoms with E-state index in [1.807, 2.05) is 6.07 Å². The standard InChI is InChI=1S/C26H34N4O3/c31-23-18-22(10-13-27-23)25(33)29-15-7-16-30(20-21-8-3-1-4-9-21)26(11-5-2-6-12-26)19-24(32)28-14-17-29/h1,3-4,8-10,13,18H,2,5-7,11-12,14-17,19-20H2,(H,27,31)(H,28,32). The predicted octanol–water partition coefficient (Wildman–Crippen LogP) is 2.93. The van der Waals surface area contributed by atoms with Gasteiger partial charge in [0, 0.05) is 62.5 Å². The number of benzene rings is 1. The molecule has 1 aliphatic heterocycles. The maximum Gasteiger partial charge on any atom is 0.254 e. The Kier molecular flexibility index (Phi) is 7.60. The second-order valence-corrected chi connectivity index (χ2v) is 9.31. The number of rotatable bonds is 3. The molecule has 4 rings (SSSR count). The summed E-state index contributed by atoms with van der Waals surface area (Å²) in [6, 6.07) is 13.4. The average molecular weight is 451 g/mol. The lowest BCUT2D eigenvalue weighted by Gasteiger charge is -2.46. The molecular formula is C26H34N4O3. The van der Waals surface area contributed by atoms with Crippen molar-refractivity contribution < 1.29 is 9.59 Å². The summed E-state index contributed by atoms with van der Waals surface area (Å²) >= 11 is 0. The molecule has 0 radical (unpaired) electrons. The molecule has 2 fully saturated rings. The van der Waals surface area contributed by atoms with Gasteiger partial charge in [-0.3, -0.25) is 19.3 Å². The number of hydrogen-bond acceptors (Lipinski definition) is 4. The number of pyridine rings is 1. The first kappa shape index (κ1) is 23.2. The van der Waals surface area contributed by atoms with E-state index < -0.39 is 0 Å². The first-order valence-electron chi connectivity index (χ1n) is 12.1. The summed E-state index contributed by atoms with van der Waals surface area (Å²) in [5, 5.41) is 3.06. The molecule has 1 saturated carbocycles. The van der Waals surface area contributed by atoms with Gasteiger partial charge in [0.05, 0.1) is 0 Å². The second-order valence-electron chi connectivity index (χ2n) is 9.31. The first-order chi connectivity index (χ1) is 16.1. The van der Waals surface area contributed by atoms with Crippen molar-refractivity contribution in [1.82, 2.24) is 20.1 Å². The lowest BCUT2D eigenvalue weighted by molar-refractivity contribution is -0.125. The highest BCUT2D eigenvalue weighted by Crippen LogP contribution is 2.38. The maximum atomic E-state index is 13.1. The molecule has 1 aromatic heterocycles. The summed E-state index contributed by atoms with van der Waals surface area (Å²) in [7, 11) is 0. The van der Waals surface area contributed by atoms with E-state index in [-0.39, 0.29) is 22.9 Å². The Morgan fingerprint density at radius 2 is 1.73 bits per heavy atom. The molecule has 176 valence electrons. The summed E-state index contributed by atoms with van der Waals surface area (Å²) in [6.07, 6.45) is 8.39. The molecule has 2 heterocycles. The molecule has 1 aromatic carbocycles. The van der Waals surface area contributed by atoms with Gasteiger partial charge in [0.1, 0.15) is 0 Å². The highest BCUT2D eigenvalue weighted by molar-refractivity contribution is 5.94. The third-order valence-electron chi connectivity index (χ3n) is 7.03. The minimum absolute atomic E-state index is 0.0559. The molecule has 7 nitrogen and oxygen atoms in total. The number of aromatic amines is 1. The van der Waals surface area contributed by atoms with Gasteiger partial charge in [-0.25, -0.2) is 0 Å². The van der Waals surface area contributed by atoms with Gasteiger partial charge in [-0.1, -0.05) is 49.6 Å². The molecule has 0 unspecified atom stereocenters. The van der Waals surface area contributed by atoms with Crippen molar-refractivity contribution in [3.05, 3.63) is 70.1 Å². The third kappa shape index (κ3) is 5.90. The fourth-order valence-corrected chi connectivity index (χ4v) is 5.32. The van der Waals surface area contributed by atoms with Gasteiger partial charge in [-0.05, 0) is 30.9 Å². The Morgan fingerprint density at radius 1 is 0.939 bits per heavy atom. The van der Waals surface area contributed by atoms with Crippen LogP contribution in [0.1, 0.15) is 60.9 Å². The third-order valence-corrected chi connectivity index (χ3v) is 7.03. The average Bonchev–Trinajstić information content (AvgIpc) is 2.85. The minimum Gasteiger partial charge on any atom is -0.354 e. The number of carbonyl (C=O) groups is 2. The Morgan fingerprint density at radius 3 is 2.48 bits per heavy atom. The molecule has 2 N–H and O–H groups in total. The normalized spacial score (nSPS) is 20.1. The maximum absolute atomic E-state index is 13.1. The van der Waals surface area contributed by atoms with Gasteiger partial charge in [0.2, 0.25) is 11.5 Å². The Bertz CT molecular complexity index is 998. The SMILES string of the molecule is O=C1CC2(CCCCC2)N(Cc2ccccc2)CCCN(C(=O)c2cc[nH]c(=O)c2)CCN1. The van der Waals surface area contributed by atoms with E-state index in [0.717, 1.165) is 45.2 Å². The molecule has 1 saturated heterocycles. The van der Waals surface area contributed by atoms with Crippen LogP contribution in [-0.2, 0) is 11.3 Å². The highest BCUT2D eigenvalue weighted by atomic mass is 16.2. The molecule has 1 spiro atoms. The van der Waals surface area contributed by atoms with Crippen molar-refractivity contribution in [2.45, 2.75) is 57.0 Å². The van der Waals surface area contributed by atoms with Crippen LogP contribution in [0.25, 0.3) is 0 Å². The number of carbonyl (C=O) groups excluding carboxylic acids is 2. The van der Waals surface area contributed by atoms with E-state index in [2.05, 4.69) is 39.5 Å². The summed E-state index contributed by atoms with van der Waals surface area (Å²) in [6.45, 7) is 3.06. The lowest BCUT2D eigenvalue weighted by atomic mass is 9.77. The molecular weight excluding hydrogens is 416 g/mol. The first-order valence-corrected chi connectivity index (χ1v) is 12.1. The number of hydrogen-bond donors (Lipinski definition) is 2. The smallest absolute Gasteiger partial charge is 0.254 e. The highest BCUT2D eigenvalue weighted by Gasteiger charge is 2.40. The van der Waals surface area contributed by atoms with E-state index in [1.54, 1.807) is 11.0 Å². The van der Waals surface area contributed by atoms with Crippen LogP contribution in [0.15, 0.2) is 53.5 Å². The van der Waals surface area contributed by atoms with Crippen LogP contribution in [0.2, 0.25) is 0 Å². The predicted molar refractivity (Wildman–Crippen MR) is 128 cm³/mol. The van der Waals surface area contributed by atoms with E-state index in [0.29, 0.717) is 31.6 Å². The molecule has 0 bridgehead atoms. The van der Waals surface area contributed by atoms with Crippen molar-refractivity contribution >= 4 is 11.8 Å². The fourth-order valence-electron chi connectivity index (χ4n) is 5.32. The van der Waals surface area contributed by atoms with Crippen LogP contribution >= 0.6 is 0 Å². The van der Waals surface area contributed by atoms with Crippen molar-refractivity contribution in [3.8, 4) is 0 Å².